The second kappa shape index (κ2) is 15.5. The van der Waals surface area contributed by atoms with Crippen molar-refractivity contribution in [1.82, 2.24) is 10.2 Å². The van der Waals surface area contributed by atoms with E-state index in [0.29, 0.717) is 22.7 Å². The molecule has 0 aliphatic rings. The summed E-state index contributed by atoms with van der Waals surface area (Å²) in [6.07, 6.45) is 0.211. The van der Waals surface area contributed by atoms with Gasteiger partial charge in [-0.3, -0.25) is 13.9 Å². The van der Waals surface area contributed by atoms with Gasteiger partial charge >= 0.3 is 0 Å². The van der Waals surface area contributed by atoms with Crippen LogP contribution in [0, 0.1) is 13.8 Å². The molecule has 0 aliphatic carbocycles. The lowest BCUT2D eigenvalue weighted by Crippen LogP contribution is -2.53. The van der Waals surface area contributed by atoms with Gasteiger partial charge in [-0.15, -0.1) is 0 Å². The van der Waals surface area contributed by atoms with E-state index >= 15 is 0 Å². The van der Waals surface area contributed by atoms with Crippen LogP contribution in [0.1, 0.15) is 22.3 Å². The van der Waals surface area contributed by atoms with Crippen LogP contribution in [0.4, 0.5) is 5.69 Å². The minimum absolute atomic E-state index is 0.0258. The number of amides is 2. The lowest BCUT2D eigenvalue weighted by molar-refractivity contribution is -0.139. The minimum atomic E-state index is -4.34. The SMILES string of the molecule is CNC(=O)C(Cc1ccccc1)N(Cc1cccc(OC)c1)C(=O)CN(c1cc(C)cc(C)c1)S(=O)(=O)c1ccc(OC)c(OC)c1. The van der Waals surface area contributed by atoms with Gasteiger partial charge in [0.1, 0.15) is 18.3 Å². The van der Waals surface area contributed by atoms with Crippen molar-refractivity contribution < 1.29 is 32.2 Å². The topological polar surface area (TPSA) is 114 Å². The molecule has 0 saturated carbocycles. The van der Waals surface area contributed by atoms with Crippen molar-refractivity contribution in [2.45, 2.75) is 37.8 Å². The first-order valence-corrected chi connectivity index (χ1v) is 16.5. The van der Waals surface area contributed by atoms with Gasteiger partial charge in [-0.2, -0.15) is 0 Å². The predicted molar refractivity (Wildman–Crippen MR) is 182 cm³/mol. The second-order valence-corrected chi connectivity index (χ2v) is 12.9. The predicted octanol–water partition coefficient (Wildman–Crippen LogP) is 4.91. The number of benzene rings is 4. The molecule has 1 atom stereocenters. The van der Waals surface area contributed by atoms with Crippen LogP contribution in [0.5, 0.6) is 17.2 Å². The van der Waals surface area contributed by atoms with Crippen LogP contribution < -0.4 is 23.8 Å². The summed E-state index contributed by atoms with van der Waals surface area (Å²) in [4.78, 5) is 29.4. The maximum absolute atomic E-state index is 14.6. The molecule has 47 heavy (non-hydrogen) atoms. The van der Waals surface area contributed by atoms with Crippen LogP contribution in [-0.4, -0.2) is 66.1 Å². The van der Waals surface area contributed by atoms with Crippen LogP contribution in [0.15, 0.2) is 95.9 Å². The number of hydrogen-bond acceptors (Lipinski definition) is 7. The largest absolute Gasteiger partial charge is 0.497 e. The van der Waals surface area contributed by atoms with Crippen LogP contribution in [0.2, 0.25) is 0 Å². The maximum Gasteiger partial charge on any atom is 0.264 e. The summed E-state index contributed by atoms with van der Waals surface area (Å²) in [7, 11) is 1.60. The molecule has 10 nitrogen and oxygen atoms in total. The van der Waals surface area contributed by atoms with Crippen LogP contribution in [0.25, 0.3) is 0 Å². The molecule has 0 saturated heterocycles. The number of carbonyl (C=O) groups is 2. The van der Waals surface area contributed by atoms with E-state index in [0.717, 1.165) is 21.0 Å². The average molecular weight is 660 g/mol. The first-order chi connectivity index (χ1) is 22.5. The molecule has 0 aliphatic heterocycles. The third-order valence-electron chi connectivity index (χ3n) is 7.72. The smallest absolute Gasteiger partial charge is 0.264 e. The zero-order valence-electron chi connectivity index (χ0n) is 27.5. The first kappa shape index (κ1) is 34.8. The van der Waals surface area contributed by atoms with E-state index < -0.39 is 28.5 Å². The van der Waals surface area contributed by atoms with Gasteiger partial charge in [-0.05, 0) is 72.5 Å². The summed E-state index contributed by atoms with van der Waals surface area (Å²) < 4.78 is 46.1. The Morgan fingerprint density at radius 2 is 1.43 bits per heavy atom. The lowest BCUT2D eigenvalue weighted by atomic mass is 10.0. The summed E-state index contributed by atoms with van der Waals surface area (Å²) in [5.41, 5.74) is 3.50. The fraction of sp³-hybridized carbons (Fsp3) is 0.278. The van der Waals surface area contributed by atoms with E-state index in [4.69, 9.17) is 14.2 Å². The van der Waals surface area contributed by atoms with E-state index in [1.165, 1.54) is 44.4 Å². The zero-order valence-corrected chi connectivity index (χ0v) is 28.3. The van der Waals surface area contributed by atoms with Gasteiger partial charge < -0.3 is 24.4 Å². The highest BCUT2D eigenvalue weighted by atomic mass is 32.2. The third kappa shape index (κ3) is 8.42. The third-order valence-corrected chi connectivity index (χ3v) is 9.49. The average Bonchev–Trinajstić information content (AvgIpc) is 3.07. The van der Waals surface area contributed by atoms with Crippen molar-refractivity contribution in [1.29, 1.82) is 0 Å². The van der Waals surface area contributed by atoms with Crippen LogP contribution in [-0.2, 0) is 32.6 Å². The van der Waals surface area contributed by atoms with Gasteiger partial charge in [0.15, 0.2) is 11.5 Å². The number of anilines is 1. The molecule has 0 spiro atoms. The molecule has 0 fully saturated rings. The number of likely N-dealkylation sites (N-methyl/N-ethyl adjacent to an activating group) is 1. The van der Waals surface area contributed by atoms with Gasteiger partial charge in [-0.1, -0.05) is 48.5 Å². The Balaban J connectivity index is 1.84. The number of rotatable bonds is 14. The van der Waals surface area contributed by atoms with Crippen molar-refractivity contribution >= 4 is 27.5 Å². The summed E-state index contributed by atoms with van der Waals surface area (Å²) in [6, 6.07) is 25.2. The number of carbonyl (C=O) groups excluding carboxylic acids is 2. The molecule has 0 radical (unpaired) electrons. The monoisotopic (exact) mass is 659 g/mol. The van der Waals surface area contributed by atoms with E-state index in [2.05, 4.69) is 5.32 Å². The Hall–Kier alpha value is -5.03. The fourth-order valence-corrected chi connectivity index (χ4v) is 6.83. The van der Waals surface area contributed by atoms with Gasteiger partial charge in [0, 0.05) is 26.1 Å². The molecule has 0 aromatic heterocycles. The Morgan fingerprint density at radius 1 is 0.766 bits per heavy atom. The molecule has 0 heterocycles. The van der Waals surface area contributed by atoms with Crippen LogP contribution in [0.3, 0.4) is 0 Å². The van der Waals surface area contributed by atoms with Crippen molar-refractivity contribution in [3.05, 3.63) is 113 Å². The number of methoxy groups -OCH3 is 3. The number of ether oxygens (including phenoxy) is 3. The van der Waals surface area contributed by atoms with Gasteiger partial charge in [0.05, 0.1) is 31.9 Å². The molecule has 4 aromatic rings. The summed E-state index contributed by atoms with van der Waals surface area (Å²) >= 11 is 0. The second-order valence-electron chi connectivity index (χ2n) is 11.1. The van der Waals surface area contributed by atoms with Crippen LogP contribution >= 0.6 is 0 Å². The summed E-state index contributed by atoms with van der Waals surface area (Å²) in [5.74, 6) is 0.218. The highest BCUT2D eigenvalue weighted by molar-refractivity contribution is 7.92. The Kier molecular flexibility index (Phi) is 11.5. The molecule has 1 N–H and O–H groups in total. The molecular weight excluding hydrogens is 618 g/mol. The van der Waals surface area contributed by atoms with E-state index in [1.807, 2.05) is 56.3 Å². The molecular formula is C36H41N3O7S. The number of nitrogens with zero attached hydrogens (tertiary/aromatic N) is 2. The zero-order chi connectivity index (χ0) is 34.1. The van der Waals surface area contributed by atoms with Crippen molar-refractivity contribution in [3.63, 3.8) is 0 Å². The van der Waals surface area contributed by atoms with E-state index in [9.17, 15) is 18.0 Å². The number of nitrogens with one attached hydrogen (secondary N) is 1. The number of hydrogen-bond donors (Lipinski definition) is 1. The Morgan fingerprint density at radius 3 is 2.04 bits per heavy atom. The Bertz CT molecular complexity index is 1790. The van der Waals surface area contributed by atoms with Gasteiger partial charge in [-0.25, -0.2) is 8.42 Å². The van der Waals surface area contributed by atoms with E-state index in [1.54, 1.807) is 37.4 Å². The first-order valence-electron chi connectivity index (χ1n) is 15.0. The number of aryl methyl sites for hydroxylation is 2. The quantitative estimate of drug-likeness (QED) is 0.205. The van der Waals surface area contributed by atoms with Crippen molar-refractivity contribution in [3.8, 4) is 17.2 Å². The van der Waals surface area contributed by atoms with Gasteiger partial charge in [0.2, 0.25) is 11.8 Å². The molecule has 1 unspecified atom stereocenters. The summed E-state index contributed by atoms with van der Waals surface area (Å²) in [6.45, 7) is 3.16. The lowest BCUT2D eigenvalue weighted by Gasteiger charge is -2.33. The maximum atomic E-state index is 14.6. The van der Waals surface area contributed by atoms with E-state index in [-0.39, 0.29) is 29.5 Å². The van der Waals surface area contributed by atoms with Crippen molar-refractivity contribution in [2.75, 3.05) is 39.2 Å². The molecule has 248 valence electrons. The minimum Gasteiger partial charge on any atom is -0.497 e. The normalized spacial score (nSPS) is 11.7. The fourth-order valence-electron chi connectivity index (χ4n) is 5.42. The highest BCUT2D eigenvalue weighted by Crippen LogP contribution is 2.33. The molecule has 4 rings (SSSR count). The standard InChI is InChI=1S/C36H41N3O7S/c1-25-17-26(2)19-29(18-25)39(47(42,43)31-15-16-33(45-5)34(22-31)46-6)24-35(40)38(23-28-13-10-14-30(20-28)44-4)32(36(41)37-3)21-27-11-8-7-9-12-27/h7-20,22,32H,21,23-24H2,1-6H3,(H,37,41). The summed E-state index contributed by atoms with van der Waals surface area (Å²) in [5, 5.41) is 2.69. The molecule has 11 heteroatoms. The highest BCUT2D eigenvalue weighted by Gasteiger charge is 2.35. The molecule has 0 bridgehead atoms. The Labute approximate surface area is 276 Å². The molecule has 4 aromatic carbocycles. The number of sulfonamides is 1. The van der Waals surface area contributed by atoms with Gasteiger partial charge in [0.25, 0.3) is 10.0 Å². The molecule has 2 amide bonds. The van der Waals surface area contributed by atoms with Crippen molar-refractivity contribution in [2.24, 2.45) is 0 Å².